The second-order valence-electron chi connectivity index (χ2n) is 5.05. The van der Waals surface area contributed by atoms with E-state index in [1.54, 1.807) is 12.1 Å². The van der Waals surface area contributed by atoms with Crippen molar-refractivity contribution in [3.8, 4) is 11.1 Å². The first-order valence-corrected chi connectivity index (χ1v) is 8.24. The number of anilines is 2. The Morgan fingerprint density at radius 1 is 0.727 bits per heavy atom. The summed E-state index contributed by atoms with van der Waals surface area (Å²) in [5, 5.41) is 1.76. The second kappa shape index (κ2) is 6.18. The molecule has 0 fully saturated rings. The molecule has 4 heteroatoms. The van der Waals surface area contributed by atoms with E-state index in [4.69, 9.17) is 11.5 Å². The maximum atomic E-state index is 10.8. The summed E-state index contributed by atoms with van der Waals surface area (Å²) in [5.74, 6) is 0. The maximum Gasteiger partial charge on any atom is 0.0883 e. The van der Waals surface area contributed by atoms with Crippen LogP contribution in [0.3, 0.4) is 0 Å². The number of rotatable bonds is 3. The number of benzene rings is 3. The van der Waals surface area contributed by atoms with Crippen molar-refractivity contribution >= 4 is 30.1 Å². The Balaban J connectivity index is 2.09. The molecule has 1 unspecified atom stereocenters. The number of hydrogen-bond acceptors (Lipinski definition) is 3. The van der Waals surface area contributed by atoms with Gasteiger partial charge < -0.3 is 16.4 Å². The highest BCUT2D eigenvalue weighted by Crippen LogP contribution is 2.34. The van der Waals surface area contributed by atoms with Crippen LogP contribution in [0.15, 0.2) is 72.8 Å². The van der Waals surface area contributed by atoms with Gasteiger partial charge in [-0.05, 0) is 53.6 Å². The molecule has 110 valence electrons. The molecule has 22 heavy (non-hydrogen) atoms. The van der Waals surface area contributed by atoms with Crippen LogP contribution in [0.4, 0.5) is 11.4 Å². The van der Waals surface area contributed by atoms with Crippen LogP contribution in [-0.2, 0) is 0 Å². The highest BCUT2D eigenvalue weighted by atomic mass is 31.1. The molecule has 0 saturated heterocycles. The van der Waals surface area contributed by atoms with Crippen LogP contribution in [-0.4, -0.2) is 4.89 Å². The molecule has 0 amide bonds. The highest BCUT2D eigenvalue weighted by molar-refractivity contribution is 7.67. The van der Waals surface area contributed by atoms with Gasteiger partial charge in [-0.1, -0.05) is 30.3 Å². The summed E-state index contributed by atoms with van der Waals surface area (Å²) < 4.78 is 0. The summed E-state index contributed by atoms with van der Waals surface area (Å²) in [6.45, 7) is 0. The molecule has 0 aliphatic carbocycles. The van der Waals surface area contributed by atoms with Crippen molar-refractivity contribution in [3.63, 3.8) is 0 Å². The third kappa shape index (κ3) is 2.96. The number of nitrogen functional groups attached to an aromatic ring is 2. The molecule has 0 saturated carbocycles. The summed E-state index contributed by atoms with van der Waals surface area (Å²) in [6, 6.07) is 22.9. The maximum absolute atomic E-state index is 10.8. The van der Waals surface area contributed by atoms with E-state index in [0.29, 0.717) is 11.4 Å². The van der Waals surface area contributed by atoms with Gasteiger partial charge in [0.15, 0.2) is 0 Å². The lowest BCUT2D eigenvalue weighted by atomic mass is 10.1. The Hall–Kier alpha value is -2.35. The third-order valence-electron chi connectivity index (χ3n) is 3.47. The first-order valence-electron chi connectivity index (χ1n) is 6.94. The van der Waals surface area contributed by atoms with E-state index in [2.05, 4.69) is 0 Å². The normalized spacial score (nSPS) is 12.0. The molecule has 3 rings (SSSR count). The van der Waals surface area contributed by atoms with E-state index in [0.717, 1.165) is 21.7 Å². The van der Waals surface area contributed by atoms with Crippen LogP contribution in [0.5, 0.6) is 0 Å². The van der Waals surface area contributed by atoms with Gasteiger partial charge in [0.2, 0.25) is 0 Å². The minimum Gasteiger partial charge on any atom is -0.399 e. The molecule has 0 aromatic heterocycles. The Kier molecular flexibility index (Phi) is 4.10. The van der Waals surface area contributed by atoms with Crippen LogP contribution in [0.2, 0.25) is 0 Å². The Morgan fingerprint density at radius 3 is 2.05 bits per heavy atom. The van der Waals surface area contributed by atoms with Crippen LogP contribution in [0.1, 0.15) is 0 Å². The largest absolute Gasteiger partial charge is 0.399 e. The molecule has 0 spiro atoms. The Morgan fingerprint density at radius 2 is 1.36 bits per heavy atom. The van der Waals surface area contributed by atoms with E-state index >= 15 is 0 Å². The van der Waals surface area contributed by atoms with Crippen LogP contribution in [0.25, 0.3) is 11.1 Å². The van der Waals surface area contributed by atoms with Gasteiger partial charge in [0.1, 0.15) is 0 Å². The molecule has 1 atom stereocenters. The van der Waals surface area contributed by atoms with Gasteiger partial charge in [0, 0.05) is 22.0 Å². The van der Waals surface area contributed by atoms with Gasteiger partial charge in [-0.2, -0.15) is 0 Å². The predicted molar refractivity (Wildman–Crippen MR) is 95.6 cm³/mol. The molecule has 0 aliphatic heterocycles. The molecular formula is C18H17N2OP. The lowest BCUT2D eigenvalue weighted by molar-refractivity contribution is 0.645. The molecule has 3 aromatic carbocycles. The van der Waals surface area contributed by atoms with Crippen molar-refractivity contribution in [1.82, 2.24) is 0 Å². The summed E-state index contributed by atoms with van der Waals surface area (Å²) in [5.41, 5.74) is 15.0. The van der Waals surface area contributed by atoms with E-state index in [1.165, 1.54) is 0 Å². The van der Waals surface area contributed by atoms with Gasteiger partial charge in [-0.25, -0.2) is 0 Å². The highest BCUT2D eigenvalue weighted by Gasteiger charge is 2.16. The molecule has 5 N–H and O–H groups in total. The van der Waals surface area contributed by atoms with Crippen molar-refractivity contribution in [2.75, 3.05) is 11.5 Å². The minimum absolute atomic E-state index is 0.684. The van der Waals surface area contributed by atoms with E-state index in [-0.39, 0.29) is 0 Å². The fourth-order valence-electron chi connectivity index (χ4n) is 2.34. The van der Waals surface area contributed by atoms with Crippen LogP contribution >= 0.6 is 8.15 Å². The lowest BCUT2D eigenvalue weighted by Gasteiger charge is -2.16. The van der Waals surface area contributed by atoms with Gasteiger partial charge in [-0.15, -0.1) is 0 Å². The zero-order valence-electron chi connectivity index (χ0n) is 12.0. The van der Waals surface area contributed by atoms with Gasteiger partial charge in [0.05, 0.1) is 8.15 Å². The molecule has 0 bridgehead atoms. The topological polar surface area (TPSA) is 72.3 Å². The fraction of sp³-hybridized carbons (Fsp3) is 0. The molecule has 0 heterocycles. The van der Waals surface area contributed by atoms with E-state index in [9.17, 15) is 4.89 Å². The monoisotopic (exact) mass is 308 g/mol. The Bertz CT molecular complexity index is 773. The van der Waals surface area contributed by atoms with Crippen LogP contribution in [0, 0.1) is 0 Å². The average molecular weight is 308 g/mol. The van der Waals surface area contributed by atoms with Crippen molar-refractivity contribution in [3.05, 3.63) is 72.8 Å². The molecule has 0 radical (unpaired) electrons. The zero-order chi connectivity index (χ0) is 15.5. The summed E-state index contributed by atoms with van der Waals surface area (Å²) in [4.78, 5) is 10.8. The van der Waals surface area contributed by atoms with E-state index in [1.807, 2.05) is 60.7 Å². The van der Waals surface area contributed by atoms with Gasteiger partial charge in [0.25, 0.3) is 0 Å². The summed E-state index contributed by atoms with van der Waals surface area (Å²) in [6.07, 6.45) is 0. The molecule has 0 aliphatic rings. The SMILES string of the molecule is Nc1ccc(P(O)c2ccc(N)cc2-c2ccccc2)cc1. The zero-order valence-corrected chi connectivity index (χ0v) is 12.9. The van der Waals surface area contributed by atoms with Crippen LogP contribution < -0.4 is 22.1 Å². The number of hydrogen-bond donors (Lipinski definition) is 3. The van der Waals surface area contributed by atoms with Gasteiger partial charge in [-0.3, -0.25) is 0 Å². The molecule has 3 aromatic rings. The number of nitrogens with two attached hydrogens (primary N) is 2. The van der Waals surface area contributed by atoms with Crippen molar-refractivity contribution < 1.29 is 4.89 Å². The molecule has 3 nitrogen and oxygen atoms in total. The summed E-state index contributed by atoms with van der Waals surface area (Å²) >= 11 is 0. The first kappa shape index (κ1) is 14.6. The van der Waals surface area contributed by atoms with E-state index < -0.39 is 8.15 Å². The van der Waals surface area contributed by atoms with Gasteiger partial charge >= 0.3 is 0 Å². The predicted octanol–water partition coefficient (Wildman–Crippen LogP) is 2.86. The quantitative estimate of drug-likeness (QED) is 0.514. The average Bonchev–Trinajstić information content (AvgIpc) is 2.56. The Labute approximate surface area is 131 Å². The van der Waals surface area contributed by atoms with Crippen molar-refractivity contribution in [2.24, 2.45) is 0 Å². The standard InChI is InChI=1S/C18H17N2OP/c19-14-6-9-16(10-7-14)22(21)18-11-8-15(20)12-17(18)13-4-2-1-3-5-13/h1-12,21H,19-20H2. The second-order valence-corrected chi connectivity index (χ2v) is 6.67. The molecular weight excluding hydrogens is 291 g/mol. The van der Waals surface area contributed by atoms with Crippen molar-refractivity contribution in [1.29, 1.82) is 0 Å². The third-order valence-corrected chi connectivity index (χ3v) is 5.10. The minimum atomic E-state index is -1.45. The van der Waals surface area contributed by atoms with Crippen molar-refractivity contribution in [2.45, 2.75) is 0 Å². The first-order chi connectivity index (χ1) is 10.6. The fourth-order valence-corrected chi connectivity index (χ4v) is 3.69. The summed E-state index contributed by atoms with van der Waals surface area (Å²) in [7, 11) is -1.45. The smallest absolute Gasteiger partial charge is 0.0883 e. The lowest BCUT2D eigenvalue weighted by Crippen LogP contribution is -2.14.